The number of methoxy groups -OCH3 is 2. The number of Topliss-reactive ketones (excluding diaryl/α,β-unsaturated/α-hetero) is 1. The number of fused-ring (bicyclic) bond motifs is 2. The molecule has 5 heterocycles. The van der Waals surface area contributed by atoms with E-state index in [0.717, 1.165) is 61.1 Å². The fourth-order valence-corrected chi connectivity index (χ4v) is 12.3. The van der Waals surface area contributed by atoms with E-state index in [2.05, 4.69) is 53.2 Å². The molecule has 4 aliphatic rings. The number of nitrogens with zero attached hydrogens (tertiary/aromatic N) is 3. The Labute approximate surface area is 439 Å². The van der Waals surface area contributed by atoms with Crippen molar-refractivity contribution in [2.75, 3.05) is 45.9 Å². The Bertz CT molecular complexity index is 2350. The Morgan fingerprint density at radius 2 is 1.59 bits per heavy atom. The molecule has 3 aromatic rings. The highest BCUT2D eigenvalue weighted by atomic mass is 16.7. The zero-order chi connectivity index (χ0) is 53.9. The smallest absolute Gasteiger partial charge is 0.311 e. The quantitative estimate of drug-likeness (QED) is 0.101. The molecule has 3 fully saturated rings. The number of carbonyl (C=O) groups is 2. The predicted octanol–water partition coefficient (Wildman–Crippen LogP) is 7.42. The average molecular weight is 1030 g/mol. The van der Waals surface area contributed by atoms with E-state index in [9.17, 15) is 24.9 Å². The fourth-order valence-electron chi connectivity index (χ4n) is 12.3. The number of aliphatic hydroxyl groups excluding tert-OH is 2. The molecule has 74 heavy (non-hydrogen) atoms. The molecule has 412 valence electrons. The van der Waals surface area contributed by atoms with E-state index < -0.39 is 95.6 Å². The molecule has 16 heteroatoms. The summed E-state index contributed by atoms with van der Waals surface area (Å²) in [6.07, 6.45) is -2.39. The number of ether oxygens (including phenoxy) is 8. The van der Waals surface area contributed by atoms with Gasteiger partial charge in [-0.05, 0) is 122 Å². The van der Waals surface area contributed by atoms with Gasteiger partial charge in [0.2, 0.25) is 0 Å². The van der Waals surface area contributed by atoms with Crippen LogP contribution in [0.15, 0.2) is 54.7 Å². The van der Waals surface area contributed by atoms with Crippen LogP contribution in [-0.2, 0) is 55.7 Å². The number of ketones is 1. The molecule has 3 saturated heterocycles. The first-order valence-electron chi connectivity index (χ1n) is 27.1. The summed E-state index contributed by atoms with van der Waals surface area (Å²) in [7, 11) is 5.22. The van der Waals surface area contributed by atoms with E-state index >= 15 is 0 Å². The van der Waals surface area contributed by atoms with Crippen LogP contribution in [-0.4, -0.2) is 156 Å². The van der Waals surface area contributed by atoms with Crippen LogP contribution in [0.1, 0.15) is 119 Å². The minimum Gasteiger partial charge on any atom is -0.494 e. The minimum absolute atomic E-state index is 0.0805. The standard InChI is InChI=1S/C58H87N3O13/c1-14-47-58(10,66)52(63)36(4)50(62)34(2)30-57(9,68-13)54(37(5)51(38(6)55(65)72-47)73-49-31-56(8,67-12)53(64)39(7)71-49)74-48-29-43(26-35(3)70-48)60(11)23-17-25-69-44-20-21-45-42(28-44)27-40(32-59-45)33-61-24-22-41-18-15-16-19-46(41)61/h15-16,18-21,27-28,32,34-39,43,47-49,51-54,63-64,66H,14,17,22-26,29-31,33H2,1-13H3/t34-,35-,36+,37+,38-,39+,43+,47-,48+,49+,51+,52-,53+,54-,56-,57-,58-/m1/s1. The summed E-state index contributed by atoms with van der Waals surface area (Å²) in [4.78, 5) is 38.3. The summed E-state index contributed by atoms with van der Waals surface area (Å²) in [5.41, 5.74) is 0.592. The summed E-state index contributed by atoms with van der Waals surface area (Å²) in [6, 6.07) is 17.0. The van der Waals surface area contributed by atoms with Crippen molar-refractivity contribution in [3.8, 4) is 5.75 Å². The van der Waals surface area contributed by atoms with E-state index in [4.69, 9.17) is 42.9 Å². The molecule has 0 bridgehead atoms. The zero-order valence-corrected chi connectivity index (χ0v) is 46.3. The van der Waals surface area contributed by atoms with Crippen LogP contribution >= 0.6 is 0 Å². The summed E-state index contributed by atoms with van der Waals surface area (Å²) >= 11 is 0. The lowest BCUT2D eigenvalue weighted by atomic mass is 9.74. The van der Waals surface area contributed by atoms with Crippen molar-refractivity contribution in [3.05, 3.63) is 65.9 Å². The molecule has 0 amide bonds. The maximum absolute atomic E-state index is 14.5. The number of para-hydroxylation sites is 1. The Balaban J connectivity index is 1.08. The van der Waals surface area contributed by atoms with Gasteiger partial charge in [-0.1, -0.05) is 45.9 Å². The third-order valence-corrected chi connectivity index (χ3v) is 17.1. The molecule has 0 saturated carbocycles. The first-order chi connectivity index (χ1) is 35.0. The average Bonchev–Trinajstić information content (AvgIpc) is 3.79. The van der Waals surface area contributed by atoms with Gasteiger partial charge in [-0.25, -0.2) is 0 Å². The number of pyridine rings is 1. The lowest BCUT2D eigenvalue weighted by Gasteiger charge is -2.49. The second-order valence-electron chi connectivity index (χ2n) is 22.7. The maximum atomic E-state index is 14.5. The third-order valence-electron chi connectivity index (χ3n) is 17.1. The van der Waals surface area contributed by atoms with Gasteiger partial charge in [0.05, 0.1) is 59.8 Å². The van der Waals surface area contributed by atoms with Gasteiger partial charge in [-0.3, -0.25) is 14.6 Å². The Morgan fingerprint density at radius 1 is 0.865 bits per heavy atom. The highest BCUT2D eigenvalue weighted by Crippen LogP contribution is 2.42. The van der Waals surface area contributed by atoms with Crippen LogP contribution in [0.3, 0.4) is 0 Å². The number of carbonyl (C=O) groups excluding carboxylic acids is 2. The van der Waals surface area contributed by atoms with Crippen molar-refractivity contribution in [2.45, 2.75) is 199 Å². The number of esters is 1. The SMILES string of the molecule is CC[C@H]1OC(=O)[C@H](C)[C@@H](O[C@H]2C[C@@](C)(OC)[C@@H](O)[C@H](C)O2)[C@H](C)[C@@H](O[C@H]2C[C@@H](N(C)CCCOc3ccc4ncc(CN5CCc6ccccc65)cc4c3)C[C@@H](C)O2)[C@](C)(OC)C[C@@H](C)C(=O)[C@H](C)[C@@H](O)[C@]1(C)O. The molecular formula is C58H87N3O13. The van der Waals surface area contributed by atoms with Gasteiger partial charge in [-0.15, -0.1) is 0 Å². The van der Waals surface area contributed by atoms with Crippen molar-refractivity contribution < 1.29 is 62.8 Å². The zero-order valence-electron chi connectivity index (χ0n) is 46.3. The molecule has 4 aliphatic heterocycles. The van der Waals surface area contributed by atoms with Crippen LogP contribution in [0.2, 0.25) is 0 Å². The molecule has 7 rings (SSSR count). The number of cyclic esters (lactones) is 1. The van der Waals surface area contributed by atoms with Crippen molar-refractivity contribution in [1.82, 2.24) is 9.88 Å². The number of hydrogen-bond donors (Lipinski definition) is 3. The number of benzene rings is 2. The minimum atomic E-state index is -1.97. The molecule has 3 N–H and O–H groups in total. The molecule has 1 aromatic heterocycles. The topological polar surface area (TPSA) is 188 Å². The second-order valence-corrected chi connectivity index (χ2v) is 22.7. The molecule has 0 spiro atoms. The number of aromatic nitrogens is 1. The summed E-state index contributed by atoms with van der Waals surface area (Å²) in [5, 5.41) is 35.6. The van der Waals surface area contributed by atoms with E-state index in [0.29, 0.717) is 13.0 Å². The Morgan fingerprint density at radius 3 is 2.31 bits per heavy atom. The van der Waals surface area contributed by atoms with Gasteiger partial charge in [0, 0.05) is 87.8 Å². The number of anilines is 1. The molecule has 0 unspecified atom stereocenters. The van der Waals surface area contributed by atoms with Crippen molar-refractivity contribution in [1.29, 1.82) is 0 Å². The number of aliphatic hydroxyl groups is 3. The third kappa shape index (κ3) is 12.8. The van der Waals surface area contributed by atoms with Crippen molar-refractivity contribution in [2.24, 2.45) is 23.7 Å². The summed E-state index contributed by atoms with van der Waals surface area (Å²) < 4.78 is 51.7. The first kappa shape index (κ1) is 57.9. The lowest BCUT2D eigenvalue weighted by molar-refractivity contribution is -0.309. The molecule has 17 atom stereocenters. The maximum Gasteiger partial charge on any atom is 0.311 e. The second kappa shape index (κ2) is 24.2. The number of rotatable bonds is 15. The van der Waals surface area contributed by atoms with Crippen molar-refractivity contribution in [3.63, 3.8) is 0 Å². The summed E-state index contributed by atoms with van der Waals surface area (Å²) in [5.74, 6) is -3.46. The highest BCUT2D eigenvalue weighted by Gasteiger charge is 2.53. The van der Waals surface area contributed by atoms with E-state index in [1.54, 1.807) is 48.7 Å². The Hall–Kier alpha value is -3.81. The van der Waals surface area contributed by atoms with Gasteiger partial charge in [0.1, 0.15) is 29.3 Å². The van der Waals surface area contributed by atoms with Gasteiger partial charge < -0.3 is 63.0 Å². The van der Waals surface area contributed by atoms with Crippen LogP contribution in [0, 0.1) is 23.7 Å². The predicted molar refractivity (Wildman–Crippen MR) is 282 cm³/mol. The van der Waals surface area contributed by atoms with Crippen LogP contribution in [0.5, 0.6) is 5.75 Å². The van der Waals surface area contributed by atoms with Gasteiger partial charge in [0.15, 0.2) is 12.6 Å². The van der Waals surface area contributed by atoms with Gasteiger partial charge in [-0.2, -0.15) is 0 Å². The molecule has 0 radical (unpaired) electrons. The number of hydrogen-bond acceptors (Lipinski definition) is 16. The lowest BCUT2D eigenvalue weighted by Crippen LogP contribution is -2.60. The van der Waals surface area contributed by atoms with Crippen molar-refractivity contribution >= 4 is 28.3 Å². The van der Waals surface area contributed by atoms with E-state index in [1.807, 2.05) is 39.1 Å². The van der Waals surface area contributed by atoms with Gasteiger partial charge in [0.25, 0.3) is 0 Å². The molecular weight excluding hydrogens is 947 g/mol. The first-order valence-corrected chi connectivity index (χ1v) is 27.1. The monoisotopic (exact) mass is 1030 g/mol. The fraction of sp³-hybridized carbons (Fsp3) is 0.707. The van der Waals surface area contributed by atoms with Crippen LogP contribution < -0.4 is 9.64 Å². The summed E-state index contributed by atoms with van der Waals surface area (Å²) in [6.45, 7) is 20.7. The largest absolute Gasteiger partial charge is 0.494 e. The highest BCUT2D eigenvalue weighted by molar-refractivity contribution is 5.84. The Kier molecular flexibility index (Phi) is 19.0. The van der Waals surface area contributed by atoms with E-state index in [-0.39, 0.29) is 37.2 Å². The van der Waals surface area contributed by atoms with E-state index in [1.165, 1.54) is 25.3 Å². The molecule has 16 nitrogen and oxygen atoms in total. The molecule has 2 aromatic carbocycles. The normalized spacial score (nSPS) is 37.7. The van der Waals surface area contributed by atoms with Gasteiger partial charge >= 0.3 is 5.97 Å². The van der Waals surface area contributed by atoms with Crippen LogP contribution in [0.4, 0.5) is 5.69 Å². The van der Waals surface area contributed by atoms with Crippen LogP contribution in [0.25, 0.3) is 10.9 Å². The molecule has 0 aliphatic carbocycles.